The molecule has 0 aromatic heterocycles. The summed E-state index contributed by atoms with van der Waals surface area (Å²) in [6.07, 6.45) is 3.90. The first kappa shape index (κ1) is 14.2. The van der Waals surface area contributed by atoms with Crippen LogP contribution in [0, 0.1) is 5.92 Å². The zero-order valence-corrected chi connectivity index (χ0v) is 13.0. The van der Waals surface area contributed by atoms with Crippen LogP contribution in [0.4, 0.5) is 0 Å². The monoisotopic (exact) mass is 289 g/mol. The SMILES string of the molecule is CCC[C@H]1CC2c3cc(OC)c(OC)cc3CCN2C1=O. The van der Waals surface area contributed by atoms with Crippen LogP contribution >= 0.6 is 0 Å². The largest absolute Gasteiger partial charge is 0.493 e. The molecular weight excluding hydrogens is 266 g/mol. The number of rotatable bonds is 4. The summed E-state index contributed by atoms with van der Waals surface area (Å²) in [7, 11) is 3.32. The van der Waals surface area contributed by atoms with Crippen molar-refractivity contribution in [3.8, 4) is 11.5 Å². The van der Waals surface area contributed by atoms with Gasteiger partial charge in [-0.2, -0.15) is 0 Å². The van der Waals surface area contributed by atoms with Crippen molar-refractivity contribution in [1.82, 2.24) is 4.90 Å². The van der Waals surface area contributed by atoms with E-state index in [2.05, 4.69) is 24.0 Å². The van der Waals surface area contributed by atoms with Crippen LogP contribution in [0.2, 0.25) is 0 Å². The summed E-state index contributed by atoms with van der Waals surface area (Å²) in [5, 5.41) is 0. The van der Waals surface area contributed by atoms with Crippen molar-refractivity contribution in [1.29, 1.82) is 0 Å². The molecule has 4 nitrogen and oxygen atoms in total. The highest BCUT2D eigenvalue weighted by molar-refractivity contribution is 5.82. The number of nitrogens with zero attached hydrogens (tertiary/aromatic N) is 1. The topological polar surface area (TPSA) is 38.8 Å². The maximum Gasteiger partial charge on any atom is 0.226 e. The smallest absolute Gasteiger partial charge is 0.226 e. The number of hydrogen-bond acceptors (Lipinski definition) is 3. The highest BCUT2D eigenvalue weighted by Gasteiger charge is 2.42. The van der Waals surface area contributed by atoms with Crippen molar-refractivity contribution in [3.63, 3.8) is 0 Å². The van der Waals surface area contributed by atoms with Gasteiger partial charge < -0.3 is 14.4 Å². The molecule has 21 heavy (non-hydrogen) atoms. The second kappa shape index (κ2) is 5.58. The highest BCUT2D eigenvalue weighted by Crippen LogP contribution is 2.45. The molecule has 1 fully saturated rings. The van der Waals surface area contributed by atoms with Crippen LogP contribution in [0.25, 0.3) is 0 Å². The van der Waals surface area contributed by atoms with E-state index in [4.69, 9.17) is 9.47 Å². The standard InChI is InChI=1S/C17H23NO3/c1-4-5-12-8-14-13-10-16(21-3)15(20-2)9-11(13)6-7-18(14)17(12)19/h9-10,12,14H,4-8H2,1-3H3/t12-,14?/m0/s1. The number of carbonyl (C=O) groups excluding carboxylic acids is 1. The molecule has 0 radical (unpaired) electrons. The average molecular weight is 289 g/mol. The van der Waals surface area contributed by atoms with Crippen LogP contribution in [0.5, 0.6) is 11.5 Å². The van der Waals surface area contributed by atoms with Crippen LogP contribution in [0.15, 0.2) is 12.1 Å². The summed E-state index contributed by atoms with van der Waals surface area (Å²) in [6.45, 7) is 2.97. The third-order valence-electron chi connectivity index (χ3n) is 4.78. The lowest BCUT2D eigenvalue weighted by Crippen LogP contribution is -2.35. The number of benzene rings is 1. The van der Waals surface area contributed by atoms with E-state index in [1.807, 2.05) is 0 Å². The first-order valence-electron chi connectivity index (χ1n) is 7.74. The maximum absolute atomic E-state index is 12.5. The number of amides is 1. The minimum Gasteiger partial charge on any atom is -0.493 e. The third-order valence-corrected chi connectivity index (χ3v) is 4.78. The Labute approximate surface area is 126 Å². The van der Waals surface area contributed by atoms with Gasteiger partial charge in [0.2, 0.25) is 5.91 Å². The first-order valence-corrected chi connectivity index (χ1v) is 7.74. The van der Waals surface area contributed by atoms with Gasteiger partial charge in [-0.3, -0.25) is 4.79 Å². The average Bonchev–Trinajstić information content (AvgIpc) is 2.83. The molecule has 0 saturated carbocycles. The Morgan fingerprint density at radius 1 is 1.24 bits per heavy atom. The van der Waals surface area contributed by atoms with E-state index in [9.17, 15) is 4.79 Å². The molecule has 4 heteroatoms. The van der Waals surface area contributed by atoms with E-state index in [1.165, 1.54) is 11.1 Å². The fourth-order valence-corrected chi connectivity index (χ4v) is 3.74. The fourth-order valence-electron chi connectivity index (χ4n) is 3.74. The molecule has 2 heterocycles. The number of hydrogen-bond donors (Lipinski definition) is 0. The molecule has 1 amide bonds. The molecule has 2 aliphatic rings. The van der Waals surface area contributed by atoms with Crippen molar-refractivity contribution in [3.05, 3.63) is 23.3 Å². The number of fused-ring (bicyclic) bond motifs is 3. The molecule has 1 aromatic carbocycles. The molecule has 2 atom stereocenters. The van der Waals surface area contributed by atoms with Crippen molar-refractivity contribution in [2.45, 2.75) is 38.6 Å². The first-order chi connectivity index (χ1) is 10.2. The maximum atomic E-state index is 12.5. The van der Waals surface area contributed by atoms with E-state index in [1.54, 1.807) is 14.2 Å². The molecule has 1 unspecified atom stereocenters. The van der Waals surface area contributed by atoms with Gasteiger partial charge >= 0.3 is 0 Å². The van der Waals surface area contributed by atoms with Gasteiger partial charge in [0.25, 0.3) is 0 Å². The van der Waals surface area contributed by atoms with Gasteiger partial charge in [-0.25, -0.2) is 0 Å². The Hall–Kier alpha value is -1.71. The Balaban J connectivity index is 1.97. The van der Waals surface area contributed by atoms with Crippen LogP contribution in [0.1, 0.15) is 43.4 Å². The number of carbonyl (C=O) groups is 1. The minimum absolute atomic E-state index is 0.194. The van der Waals surface area contributed by atoms with Crippen LogP contribution in [-0.4, -0.2) is 31.6 Å². The quantitative estimate of drug-likeness (QED) is 0.855. The summed E-state index contributed by atoms with van der Waals surface area (Å²) < 4.78 is 10.8. The van der Waals surface area contributed by atoms with Crippen LogP contribution < -0.4 is 9.47 Å². The van der Waals surface area contributed by atoms with Gasteiger partial charge in [-0.15, -0.1) is 0 Å². The summed E-state index contributed by atoms with van der Waals surface area (Å²) in [5.41, 5.74) is 2.53. The lowest BCUT2D eigenvalue weighted by Gasteiger charge is -2.32. The van der Waals surface area contributed by atoms with Gasteiger partial charge in [-0.1, -0.05) is 13.3 Å². The van der Waals surface area contributed by atoms with Gasteiger partial charge in [0.1, 0.15) is 0 Å². The number of methoxy groups -OCH3 is 2. The summed E-state index contributed by atoms with van der Waals surface area (Å²) in [6, 6.07) is 4.35. The van der Waals surface area contributed by atoms with Crippen LogP contribution in [-0.2, 0) is 11.2 Å². The van der Waals surface area contributed by atoms with E-state index in [-0.39, 0.29) is 12.0 Å². The normalized spacial score (nSPS) is 23.8. The Morgan fingerprint density at radius 3 is 2.62 bits per heavy atom. The predicted molar refractivity (Wildman–Crippen MR) is 80.7 cm³/mol. The van der Waals surface area contributed by atoms with E-state index < -0.39 is 0 Å². The van der Waals surface area contributed by atoms with Gasteiger partial charge in [0.15, 0.2) is 11.5 Å². The van der Waals surface area contributed by atoms with Gasteiger partial charge in [0, 0.05) is 12.5 Å². The molecule has 0 spiro atoms. The van der Waals surface area contributed by atoms with Gasteiger partial charge in [0.05, 0.1) is 20.3 Å². The summed E-state index contributed by atoms with van der Waals surface area (Å²) >= 11 is 0. The molecule has 0 aliphatic carbocycles. The van der Waals surface area contributed by atoms with Crippen LogP contribution in [0.3, 0.4) is 0 Å². The number of ether oxygens (including phenoxy) is 2. The Morgan fingerprint density at radius 2 is 1.95 bits per heavy atom. The lowest BCUT2D eigenvalue weighted by molar-refractivity contribution is -0.132. The second-order valence-electron chi connectivity index (χ2n) is 5.92. The van der Waals surface area contributed by atoms with Gasteiger partial charge in [-0.05, 0) is 42.5 Å². The zero-order valence-electron chi connectivity index (χ0n) is 13.0. The minimum atomic E-state index is 0.194. The molecule has 3 rings (SSSR count). The predicted octanol–water partition coefficient (Wildman–Crippen LogP) is 2.95. The summed E-state index contributed by atoms with van der Waals surface area (Å²) in [5.74, 6) is 2.06. The van der Waals surface area contributed by atoms with Crippen molar-refractivity contribution >= 4 is 5.91 Å². The Bertz CT molecular complexity index is 555. The zero-order chi connectivity index (χ0) is 15.0. The second-order valence-corrected chi connectivity index (χ2v) is 5.92. The molecular formula is C17H23NO3. The molecule has 114 valence electrons. The van der Waals surface area contributed by atoms with E-state index in [0.717, 1.165) is 43.7 Å². The highest BCUT2D eigenvalue weighted by atomic mass is 16.5. The third kappa shape index (κ3) is 2.27. The fraction of sp³-hybridized carbons (Fsp3) is 0.588. The Kier molecular flexibility index (Phi) is 3.79. The van der Waals surface area contributed by atoms with Crippen molar-refractivity contribution in [2.75, 3.05) is 20.8 Å². The van der Waals surface area contributed by atoms with E-state index >= 15 is 0 Å². The van der Waals surface area contributed by atoms with Crippen molar-refractivity contribution in [2.24, 2.45) is 5.92 Å². The van der Waals surface area contributed by atoms with E-state index in [0.29, 0.717) is 5.91 Å². The molecule has 1 saturated heterocycles. The molecule has 2 aliphatic heterocycles. The summed E-state index contributed by atoms with van der Waals surface area (Å²) in [4.78, 5) is 14.6. The van der Waals surface area contributed by atoms with Crippen molar-refractivity contribution < 1.29 is 14.3 Å². The molecule has 0 bridgehead atoms. The molecule has 0 N–H and O–H groups in total. The lowest BCUT2D eigenvalue weighted by atomic mass is 9.90. The molecule has 1 aromatic rings.